The quantitative estimate of drug-likeness (QED) is 0.847. The van der Waals surface area contributed by atoms with Crippen LogP contribution in [-0.2, 0) is 19.7 Å². The van der Waals surface area contributed by atoms with E-state index < -0.39 is 0 Å². The fraction of sp³-hybridized carbons (Fsp3) is 0.500. The highest BCUT2D eigenvalue weighted by atomic mass is 16.3. The van der Waals surface area contributed by atoms with Gasteiger partial charge in [0.05, 0.1) is 24.5 Å². The van der Waals surface area contributed by atoms with Crippen LogP contribution in [0.2, 0.25) is 0 Å². The second kappa shape index (κ2) is 5.86. The van der Waals surface area contributed by atoms with E-state index in [0.29, 0.717) is 37.1 Å². The summed E-state index contributed by atoms with van der Waals surface area (Å²) in [5, 5.41) is 13.5. The van der Waals surface area contributed by atoms with Crippen LogP contribution in [0.3, 0.4) is 0 Å². The predicted molar refractivity (Wildman–Crippen MR) is 84.3 cm³/mol. The third-order valence-corrected chi connectivity index (χ3v) is 4.53. The van der Waals surface area contributed by atoms with Gasteiger partial charge < -0.3 is 15.0 Å². The monoisotopic (exact) mass is 329 g/mol. The number of aliphatic hydroxyl groups is 1. The molecule has 1 amide bonds. The normalized spacial score (nSPS) is 17.5. The van der Waals surface area contributed by atoms with Gasteiger partial charge in [-0.1, -0.05) is 0 Å². The topological polar surface area (TPSA) is 104 Å². The van der Waals surface area contributed by atoms with E-state index in [4.69, 9.17) is 0 Å². The Kier molecular flexibility index (Phi) is 3.68. The summed E-state index contributed by atoms with van der Waals surface area (Å²) in [5.74, 6) is 0.704. The number of aromatic nitrogens is 4. The average molecular weight is 329 g/mol. The lowest BCUT2D eigenvalue weighted by atomic mass is 10.2. The first-order chi connectivity index (χ1) is 11.7. The SMILES string of the molecule is O=C(c1cnc(C2CC2)[nH]c1=O)N1CCCn2nc(CO)cc2C1. The number of H-pyrrole nitrogens is 1. The minimum atomic E-state index is -0.370. The van der Waals surface area contributed by atoms with Crippen LogP contribution in [0, 0.1) is 0 Å². The summed E-state index contributed by atoms with van der Waals surface area (Å²) < 4.78 is 1.82. The maximum atomic E-state index is 12.7. The second-order valence-corrected chi connectivity index (χ2v) is 6.37. The van der Waals surface area contributed by atoms with Crippen LogP contribution in [0.4, 0.5) is 0 Å². The van der Waals surface area contributed by atoms with Gasteiger partial charge >= 0.3 is 0 Å². The number of hydrogen-bond acceptors (Lipinski definition) is 5. The number of fused-ring (bicyclic) bond motifs is 1. The number of carbonyl (C=O) groups excluding carboxylic acids is 1. The molecule has 2 aromatic rings. The summed E-state index contributed by atoms with van der Waals surface area (Å²) in [6.45, 7) is 1.49. The second-order valence-electron chi connectivity index (χ2n) is 6.37. The Balaban J connectivity index is 1.58. The zero-order chi connectivity index (χ0) is 16.7. The number of aromatic amines is 1. The van der Waals surface area contributed by atoms with Gasteiger partial charge in [0, 0.05) is 25.2 Å². The molecule has 0 unspecified atom stereocenters. The first kappa shape index (κ1) is 15.1. The number of carbonyl (C=O) groups is 1. The van der Waals surface area contributed by atoms with Crippen molar-refractivity contribution in [3.05, 3.63) is 45.4 Å². The highest BCUT2D eigenvalue weighted by Crippen LogP contribution is 2.37. The van der Waals surface area contributed by atoms with Crippen LogP contribution in [-0.4, -0.2) is 42.2 Å². The summed E-state index contributed by atoms with van der Waals surface area (Å²) in [4.78, 5) is 33.6. The zero-order valence-corrected chi connectivity index (χ0v) is 13.2. The Bertz CT molecular complexity index is 836. The molecule has 0 aromatic carbocycles. The molecule has 2 aromatic heterocycles. The Morgan fingerprint density at radius 3 is 2.92 bits per heavy atom. The van der Waals surface area contributed by atoms with E-state index in [0.717, 1.165) is 25.0 Å². The molecule has 8 nitrogen and oxygen atoms in total. The molecule has 0 spiro atoms. The number of nitrogens with zero attached hydrogens (tertiary/aromatic N) is 4. The first-order valence-electron chi connectivity index (χ1n) is 8.20. The molecule has 2 aliphatic rings. The van der Waals surface area contributed by atoms with E-state index in [1.807, 2.05) is 4.68 Å². The molecule has 1 aliphatic carbocycles. The van der Waals surface area contributed by atoms with Crippen molar-refractivity contribution in [2.24, 2.45) is 0 Å². The maximum absolute atomic E-state index is 12.7. The molecule has 8 heteroatoms. The highest BCUT2D eigenvalue weighted by molar-refractivity contribution is 5.93. The Morgan fingerprint density at radius 2 is 2.21 bits per heavy atom. The lowest BCUT2D eigenvalue weighted by Crippen LogP contribution is -2.35. The average Bonchev–Trinajstić information content (AvgIpc) is 3.38. The third-order valence-electron chi connectivity index (χ3n) is 4.53. The third kappa shape index (κ3) is 2.73. The van der Waals surface area contributed by atoms with Gasteiger partial charge in [-0.3, -0.25) is 14.3 Å². The van der Waals surface area contributed by atoms with E-state index in [9.17, 15) is 14.7 Å². The molecule has 2 N–H and O–H groups in total. The lowest BCUT2D eigenvalue weighted by molar-refractivity contribution is 0.0743. The minimum Gasteiger partial charge on any atom is -0.390 e. The molecule has 1 fully saturated rings. The molecule has 0 bridgehead atoms. The van der Waals surface area contributed by atoms with Crippen molar-refractivity contribution in [1.82, 2.24) is 24.6 Å². The van der Waals surface area contributed by atoms with Crippen molar-refractivity contribution in [1.29, 1.82) is 0 Å². The van der Waals surface area contributed by atoms with E-state index in [2.05, 4.69) is 15.1 Å². The van der Waals surface area contributed by atoms with Gasteiger partial charge in [-0.15, -0.1) is 0 Å². The number of rotatable bonds is 3. The van der Waals surface area contributed by atoms with Gasteiger partial charge in [0.15, 0.2) is 0 Å². The van der Waals surface area contributed by atoms with Crippen LogP contribution in [0.25, 0.3) is 0 Å². The van der Waals surface area contributed by atoms with E-state index in [1.165, 1.54) is 6.20 Å². The highest BCUT2D eigenvalue weighted by Gasteiger charge is 2.28. The number of aryl methyl sites for hydroxylation is 1. The van der Waals surface area contributed by atoms with Gasteiger partial charge in [-0.2, -0.15) is 5.10 Å². The molecule has 0 atom stereocenters. The van der Waals surface area contributed by atoms with Gasteiger partial charge in [0.25, 0.3) is 11.5 Å². The number of nitrogens with one attached hydrogen (secondary N) is 1. The van der Waals surface area contributed by atoms with Crippen LogP contribution in [0.15, 0.2) is 17.1 Å². The molecular weight excluding hydrogens is 310 g/mol. The van der Waals surface area contributed by atoms with Crippen molar-refractivity contribution in [2.75, 3.05) is 6.54 Å². The Morgan fingerprint density at radius 1 is 1.38 bits per heavy atom. The molecule has 0 saturated heterocycles. The van der Waals surface area contributed by atoms with Crippen LogP contribution < -0.4 is 5.56 Å². The molecule has 126 valence electrons. The molecule has 1 aliphatic heterocycles. The van der Waals surface area contributed by atoms with Crippen molar-refractivity contribution in [2.45, 2.75) is 44.9 Å². The summed E-state index contributed by atoms with van der Waals surface area (Å²) in [5.41, 5.74) is 1.16. The molecule has 1 saturated carbocycles. The zero-order valence-electron chi connectivity index (χ0n) is 13.2. The lowest BCUT2D eigenvalue weighted by Gasteiger charge is -2.19. The number of aliphatic hydroxyl groups excluding tert-OH is 1. The van der Waals surface area contributed by atoms with Crippen LogP contribution in [0.5, 0.6) is 0 Å². The molecule has 24 heavy (non-hydrogen) atoms. The van der Waals surface area contributed by atoms with Crippen LogP contribution >= 0.6 is 0 Å². The first-order valence-corrected chi connectivity index (χ1v) is 8.20. The largest absolute Gasteiger partial charge is 0.390 e. The van der Waals surface area contributed by atoms with Gasteiger partial charge in [0.1, 0.15) is 11.4 Å². The molecular formula is C16H19N5O3. The summed E-state index contributed by atoms with van der Waals surface area (Å²) in [7, 11) is 0. The van der Waals surface area contributed by atoms with Gasteiger partial charge in [-0.25, -0.2) is 4.98 Å². The van der Waals surface area contributed by atoms with Gasteiger partial charge in [-0.05, 0) is 25.3 Å². The molecule has 3 heterocycles. The Hall–Kier alpha value is -2.48. The van der Waals surface area contributed by atoms with Crippen molar-refractivity contribution < 1.29 is 9.90 Å². The fourth-order valence-corrected chi connectivity index (χ4v) is 3.07. The molecule has 4 rings (SSSR count). The number of amides is 1. The summed E-state index contributed by atoms with van der Waals surface area (Å²) in [6, 6.07) is 1.80. The summed E-state index contributed by atoms with van der Waals surface area (Å²) >= 11 is 0. The summed E-state index contributed by atoms with van der Waals surface area (Å²) in [6.07, 6.45) is 4.23. The van der Waals surface area contributed by atoms with E-state index in [-0.39, 0.29) is 23.6 Å². The van der Waals surface area contributed by atoms with E-state index >= 15 is 0 Å². The van der Waals surface area contributed by atoms with Crippen molar-refractivity contribution in [3.8, 4) is 0 Å². The smallest absolute Gasteiger partial charge is 0.263 e. The fourth-order valence-electron chi connectivity index (χ4n) is 3.07. The van der Waals surface area contributed by atoms with Gasteiger partial charge in [0.2, 0.25) is 0 Å². The van der Waals surface area contributed by atoms with Crippen molar-refractivity contribution >= 4 is 5.91 Å². The number of hydrogen-bond donors (Lipinski definition) is 2. The Labute approximate surface area is 138 Å². The standard InChI is InChI=1S/C16H19N5O3/c22-9-11-6-12-8-20(4-1-5-21(12)19-11)16(24)13-7-17-14(10-2-3-10)18-15(13)23/h6-7,10,22H,1-5,8-9H2,(H,17,18,23). The van der Waals surface area contributed by atoms with E-state index in [1.54, 1.807) is 11.0 Å². The van der Waals surface area contributed by atoms with Crippen LogP contribution in [0.1, 0.15) is 52.8 Å². The molecule has 0 radical (unpaired) electrons. The minimum absolute atomic E-state index is 0.0785. The van der Waals surface area contributed by atoms with Crippen molar-refractivity contribution in [3.63, 3.8) is 0 Å². The maximum Gasteiger partial charge on any atom is 0.263 e. The predicted octanol–water partition coefficient (Wildman–Crippen LogP) is 0.382.